The number of hydrogen-bond acceptors (Lipinski definition) is 10. The van der Waals surface area contributed by atoms with Crippen LogP contribution in [0.4, 0.5) is 0 Å². The number of hydrogen-bond donors (Lipinski definition) is 1. The summed E-state index contributed by atoms with van der Waals surface area (Å²) in [6.07, 6.45) is 1.90. The topological polar surface area (TPSA) is 110 Å². The molecule has 1 fully saturated rings. The third-order valence-corrected chi connectivity index (χ3v) is 7.91. The van der Waals surface area contributed by atoms with Crippen molar-refractivity contribution in [2.75, 3.05) is 26.5 Å². The Labute approximate surface area is 218 Å². The first-order valence-corrected chi connectivity index (χ1v) is 13.4. The van der Waals surface area contributed by atoms with E-state index in [4.69, 9.17) is 31.3 Å². The highest BCUT2D eigenvalue weighted by molar-refractivity contribution is 7.80. The molecule has 1 saturated heterocycles. The van der Waals surface area contributed by atoms with Gasteiger partial charge in [-0.3, -0.25) is 4.84 Å². The fourth-order valence-corrected chi connectivity index (χ4v) is 5.66. The predicted molar refractivity (Wildman–Crippen MR) is 133 cm³/mol. The average molecular weight is 549 g/mol. The maximum Gasteiger partial charge on any atom is 0.347 e. The van der Waals surface area contributed by atoms with Gasteiger partial charge in [0.1, 0.15) is 20.9 Å². The molecule has 0 saturated carbocycles. The molecule has 0 unspecified atom stereocenters. The van der Waals surface area contributed by atoms with Crippen molar-refractivity contribution < 1.29 is 38.8 Å². The van der Waals surface area contributed by atoms with E-state index >= 15 is 0 Å². The van der Waals surface area contributed by atoms with E-state index in [9.17, 15) is 14.8 Å². The van der Waals surface area contributed by atoms with Gasteiger partial charge in [-0.05, 0) is 60.9 Å². The molecule has 1 aliphatic rings. The van der Waals surface area contributed by atoms with E-state index in [1.165, 1.54) is 16.4 Å². The van der Waals surface area contributed by atoms with Crippen molar-refractivity contribution in [2.45, 2.75) is 12.8 Å². The first kappa shape index (κ1) is 25.5. The Bertz CT molecular complexity index is 1280. The third-order valence-electron chi connectivity index (χ3n) is 5.00. The number of carbonyl (C=O) groups is 2. The van der Waals surface area contributed by atoms with Crippen LogP contribution in [0, 0.1) is 3.82 Å². The molecule has 1 N–H and O–H groups in total. The lowest BCUT2D eigenvalue weighted by Crippen LogP contribution is -2.29. The van der Waals surface area contributed by atoms with Gasteiger partial charge in [0.25, 0.3) is 17.0 Å². The van der Waals surface area contributed by atoms with Crippen molar-refractivity contribution >= 4 is 44.8 Å². The first-order valence-electron chi connectivity index (χ1n) is 10.9. The molecule has 0 amide bonds. The molecule has 0 atom stereocenters. The number of hydrazine groups is 1. The monoisotopic (exact) mass is 548 g/mol. The van der Waals surface area contributed by atoms with Crippen molar-refractivity contribution in [1.82, 2.24) is 5.01 Å². The second-order valence-electron chi connectivity index (χ2n) is 7.47. The molecular formula is C23H22N3O7S3+. The molecule has 2 heterocycles. The van der Waals surface area contributed by atoms with Gasteiger partial charge >= 0.3 is 11.9 Å². The number of carbonyl (C=O) groups excluding carboxylic acids is 2. The summed E-state index contributed by atoms with van der Waals surface area (Å²) in [5.74, 6) is -0.851. The SMILES string of the molecule is O=C(COc1ccccc1C(=O)Oc1ccc(-c2cc(=S)ss2)cc1)OCO/N=[N+](\O)N1CCCC1. The van der Waals surface area contributed by atoms with Crippen molar-refractivity contribution in [3.05, 3.63) is 64.0 Å². The van der Waals surface area contributed by atoms with Crippen molar-refractivity contribution in [1.29, 1.82) is 0 Å². The Balaban J connectivity index is 1.27. The van der Waals surface area contributed by atoms with Crippen molar-refractivity contribution in [3.63, 3.8) is 0 Å². The Morgan fingerprint density at radius 2 is 1.83 bits per heavy atom. The van der Waals surface area contributed by atoms with E-state index in [1.54, 1.807) is 45.7 Å². The Kier molecular flexibility index (Phi) is 8.81. The lowest BCUT2D eigenvalue weighted by Gasteiger charge is -2.11. The maximum absolute atomic E-state index is 12.7. The third kappa shape index (κ3) is 6.99. The van der Waals surface area contributed by atoms with Crippen LogP contribution < -0.4 is 9.47 Å². The summed E-state index contributed by atoms with van der Waals surface area (Å²) in [5, 5.41) is 14.7. The van der Waals surface area contributed by atoms with Crippen LogP contribution in [0.25, 0.3) is 10.4 Å². The minimum absolute atomic E-state index is 0.151. The molecule has 1 aromatic heterocycles. The summed E-state index contributed by atoms with van der Waals surface area (Å²) < 4.78 is 16.6. The molecular weight excluding hydrogens is 526 g/mol. The predicted octanol–water partition coefficient (Wildman–Crippen LogP) is 5.10. The van der Waals surface area contributed by atoms with Crippen LogP contribution in [-0.2, 0) is 14.4 Å². The summed E-state index contributed by atoms with van der Waals surface area (Å²) in [5.41, 5.74) is 1.13. The lowest BCUT2D eigenvalue weighted by molar-refractivity contribution is -0.939. The van der Waals surface area contributed by atoms with Gasteiger partial charge in [-0.25, -0.2) is 14.8 Å². The summed E-state index contributed by atoms with van der Waals surface area (Å²) in [7, 11) is 3.12. The average Bonchev–Trinajstić information content (AvgIpc) is 3.58. The van der Waals surface area contributed by atoms with Gasteiger partial charge < -0.3 is 14.2 Å². The zero-order valence-electron chi connectivity index (χ0n) is 18.9. The fourth-order valence-electron chi connectivity index (χ4n) is 3.26. The molecule has 36 heavy (non-hydrogen) atoms. The van der Waals surface area contributed by atoms with Crippen LogP contribution in [0.1, 0.15) is 23.2 Å². The molecule has 13 heteroatoms. The van der Waals surface area contributed by atoms with Crippen LogP contribution in [0.3, 0.4) is 0 Å². The molecule has 0 aliphatic carbocycles. The number of benzene rings is 2. The van der Waals surface area contributed by atoms with Gasteiger partial charge in [0.2, 0.25) is 0 Å². The minimum atomic E-state index is -0.744. The first-order chi connectivity index (χ1) is 17.5. The Hall–Kier alpha value is -3.55. The van der Waals surface area contributed by atoms with Crippen molar-refractivity contribution in [3.8, 4) is 21.9 Å². The van der Waals surface area contributed by atoms with E-state index in [1.807, 2.05) is 18.2 Å². The number of nitrogens with zero attached hydrogens (tertiary/aromatic N) is 3. The van der Waals surface area contributed by atoms with Crippen LogP contribution in [0.2, 0.25) is 0 Å². The van der Waals surface area contributed by atoms with E-state index in [-0.39, 0.29) is 11.3 Å². The van der Waals surface area contributed by atoms with Crippen LogP contribution in [0.15, 0.2) is 59.9 Å². The summed E-state index contributed by atoms with van der Waals surface area (Å²) in [6, 6.07) is 15.4. The molecule has 1 aliphatic heterocycles. The number of para-hydroxylation sites is 1. The van der Waals surface area contributed by atoms with E-state index in [2.05, 4.69) is 5.28 Å². The zero-order chi connectivity index (χ0) is 25.3. The van der Waals surface area contributed by atoms with Gasteiger partial charge in [0.15, 0.2) is 6.61 Å². The molecule has 2 aromatic carbocycles. The van der Waals surface area contributed by atoms with Gasteiger partial charge in [0.05, 0.1) is 13.1 Å². The molecule has 0 spiro atoms. The number of ether oxygens (including phenoxy) is 3. The summed E-state index contributed by atoms with van der Waals surface area (Å²) in [4.78, 5) is 31.1. The minimum Gasteiger partial charge on any atom is -0.481 e. The van der Waals surface area contributed by atoms with Crippen molar-refractivity contribution in [2.24, 2.45) is 5.28 Å². The van der Waals surface area contributed by atoms with E-state index in [0.717, 1.165) is 27.1 Å². The highest BCUT2D eigenvalue weighted by Gasteiger charge is 2.23. The Morgan fingerprint density at radius 1 is 1.08 bits per heavy atom. The second-order valence-corrected chi connectivity index (χ2v) is 10.4. The van der Waals surface area contributed by atoms with Gasteiger partial charge in [-0.2, -0.15) is 0 Å². The molecule has 3 aromatic rings. The largest absolute Gasteiger partial charge is 0.481 e. The quantitative estimate of drug-likeness (QED) is 0.0426. The number of esters is 2. The van der Waals surface area contributed by atoms with E-state index in [0.29, 0.717) is 23.8 Å². The summed E-state index contributed by atoms with van der Waals surface area (Å²) in [6.45, 7) is 0.350. The van der Waals surface area contributed by atoms with Gasteiger partial charge in [-0.1, -0.05) is 45.0 Å². The smallest absolute Gasteiger partial charge is 0.347 e. The summed E-state index contributed by atoms with van der Waals surface area (Å²) >= 11 is 5.17. The van der Waals surface area contributed by atoms with Gasteiger partial charge in [0, 0.05) is 4.88 Å². The Morgan fingerprint density at radius 3 is 2.56 bits per heavy atom. The number of rotatable bonds is 10. The van der Waals surface area contributed by atoms with Crippen LogP contribution >= 0.6 is 32.9 Å². The zero-order valence-corrected chi connectivity index (χ0v) is 21.4. The molecule has 10 nitrogen and oxygen atoms in total. The second kappa shape index (κ2) is 12.4. The highest BCUT2D eigenvalue weighted by atomic mass is 32.9. The fraction of sp³-hybridized carbons (Fsp3) is 0.261. The van der Waals surface area contributed by atoms with Crippen LogP contribution in [-0.4, -0.2) is 53.6 Å². The normalized spacial score (nSPS) is 13.3. The standard InChI is InChI=1S/C23H22N3O7S3/c27-21(31-15-32-24-26(29)25-11-3-4-12-25)14-30-19-6-2-1-5-18(19)23(28)33-17-9-7-16(8-10-17)20-13-22(34)36-35-20/h1-2,5-10,13H,3-4,11-12,14-15H2,(H,24,29)/q+1. The molecule has 0 radical (unpaired) electrons. The lowest BCUT2D eigenvalue weighted by atomic mass is 10.2. The highest BCUT2D eigenvalue weighted by Crippen LogP contribution is 2.31. The molecule has 4 rings (SSSR count). The molecule has 0 bridgehead atoms. The van der Waals surface area contributed by atoms with Crippen LogP contribution in [0.5, 0.6) is 11.5 Å². The van der Waals surface area contributed by atoms with Gasteiger partial charge in [-0.15, -0.1) is 5.01 Å². The van der Waals surface area contributed by atoms with E-state index < -0.39 is 25.3 Å². The molecule has 188 valence electrons. The maximum atomic E-state index is 12.7.